The van der Waals surface area contributed by atoms with E-state index in [1.165, 1.54) is 0 Å². The molecule has 0 aliphatic heterocycles. The molecule has 0 spiro atoms. The fourth-order valence-corrected chi connectivity index (χ4v) is 4.13. The topological polar surface area (TPSA) is 61.0 Å². The Morgan fingerprint density at radius 1 is 1.12 bits per heavy atom. The number of ether oxygens (including phenoxy) is 1. The Bertz CT molecular complexity index is 819. The van der Waals surface area contributed by atoms with Crippen LogP contribution in [0.4, 0.5) is 0 Å². The molecule has 0 radical (unpaired) electrons. The van der Waals surface area contributed by atoms with Crippen molar-refractivity contribution in [2.75, 3.05) is 12.4 Å². The second-order valence-corrected chi connectivity index (χ2v) is 7.73. The molecule has 126 valence electrons. The van der Waals surface area contributed by atoms with Gasteiger partial charge in [-0.25, -0.2) is 4.98 Å². The highest BCUT2D eigenvalue weighted by Gasteiger charge is 2.12. The molecule has 5 nitrogen and oxygen atoms in total. The van der Waals surface area contributed by atoms with Gasteiger partial charge in [-0.2, -0.15) is 4.98 Å². The fraction of sp³-hybridized carbons (Fsp3) is 0.353. The number of hydrogen-bond donors (Lipinski definition) is 0. The van der Waals surface area contributed by atoms with Crippen LogP contribution >= 0.6 is 23.1 Å². The quantitative estimate of drug-likeness (QED) is 0.472. The molecule has 0 N–H and O–H groups in total. The molecule has 0 unspecified atom stereocenters. The molecule has 3 aromatic rings. The van der Waals surface area contributed by atoms with E-state index in [1.54, 1.807) is 30.0 Å². The van der Waals surface area contributed by atoms with Crippen molar-refractivity contribution in [1.82, 2.24) is 15.1 Å². The van der Waals surface area contributed by atoms with Gasteiger partial charge in [0.25, 0.3) is 0 Å². The summed E-state index contributed by atoms with van der Waals surface area (Å²) in [5.41, 5.74) is 4.16. The van der Waals surface area contributed by atoms with Gasteiger partial charge in [-0.05, 0) is 44.0 Å². The lowest BCUT2D eigenvalue weighted by Crippen LogP contribution is -2.03. The summed E-state index contributed by atoms with van der Waals surface area (Å²) in [6, 6.07) is 4.06. The molecular weight excluding hydrogens is 342 g/mol. The molecule has 0 aliphatic carbocycles. The van der Waals surface area contributed by atoms with Crippen LogP contribution in [0.2, 0.25) is 0 Å². The summed E-state index contributed by atoms with van der Waals surface area (Å²) in [7, 11) is 0. The lowest BCUT2D eigenvalue weighted by atomic mass is 10.1. The van der Waals surface area contributed by atoms with Crippen LogP contribution < -0.4 is 4.74 Å². The summed E-state index contributed by atoms with van der Waals surface area (Å²) < 4.78 is 12.1. The summed E-state index contributed by atoms with van der Waals surface area (Å²) in [6.45, 7) is 8.52. The van der Waals surface area contributed by atoms with E-state index >= 15 is 0 Å². The number of aryl methyl sites for hydroxylation is 4. The molecule has 7 heteroatoms. The largest absolute Gasteiger partial charge is 0.492 e. The Balaban J connectivity index is 1.63. The van der Waals surface area contributed by atoms with Crippen molar-refractivity contribution in [2.24, 2.45) is 0 Å². The second-order valence-electron chi connectivity index (χ2n) is 5.53. The molecule has 0 bridgehead atoms. The van der Waals surface area contributed by atoms with Crippen LogP contribution in [0.3, 0.4) is 0 Å². The van der Waals surface area contributed by atoms with Crippen LogP contribution in [0, 0.1) is 27.7 Å². The number of nitrogens with zero attached hydrogens (tertiary/aromatic N) is 3. The lowest BCUT2D eigenvalue weighted by molar-refractivity contribution is 0.339. The van der Waals surface area contributed by atoms with Crippen LogP contribution in [-0.4, -0.2) is 27.5 Å². The molecule has 0 aliphatic rings. The molecule has 0 amide bonds. The van der Waals surface area contributed by atoms with Gasteiger partial charge in [-0.1, -0.05) is 16.9 Å². The van der Waals surface area contributed by atoms with Crippen LogP contribution in [0.1, 0.15) is 22.7 Å². The zero-order valence-electron chi connectivity index (χ0n) is 14.1. The van der Waals surface area contributed by atoms with Gasteiger partial charge >= 0.3 is 0 Å². The number of rotatable bonds is 6. The summed E-state index contributed by atoms with van der Waals surface area (Å²) in [5.74, 6) is 2.97. The standard InChI is InChI=1S/C17H19N3O2S2/c1-10-7-14(16-19-13(4)22-20-16)8-11(2)15(10)21-5-6-23-17-18-12(3)9-24-17/h7-9H,5-6H2,1-4H3. The molecule has 3 rings (SSSR count). The zero-order chi connectivity index (χ0) is 17.1. The Hall–Kier alpha value is -1.86. The van der Waals surface area contributed by atoms with Gasteiger partial charge < -0.3 is 9.26 Å². The van der Waals surface area contributed by atoms with Gasteiger partial charge in [0.2, 0.25) is 11.7 Å². The van der Waals surface area contributed by atoms with Gasteiger partial charge in [0.1, 0.15) is 10.1 Å². The van der Waals surface area contributed by atoms with E-state index in [1.807, 2.05) is 32.9 Å². The lowest BCUT2D eigenvalue weighted by Gasteiger charge is -2.13. The Kier molecular flexibility index (Phi) is 5.20. The number of thioether (sulfide) groups is 1. The average molecular weight is 361 g/mol. The van der Waals surface area contributed by atoms with Crippen LogP contribution in [0.5, 0.6) is 5.75 Å². The average Bonchev–Trinajstić information content (AvgIpc) is 3.14. The third-order valence-corrected chi connectivity index (χ3v) is 5.50. The Morgan fingerprint density at radius 3 is 2.46 bits per heavy atom. The second kappa shape index (κ2) is 7.36. The van der Waals surface area contributed by atoms with Crippen LogP contribution in [0.25, 0.3) is 11.4 Å². The number of thiazole rings is 1. The summed E-state index contributed by atoms with van der Waals surface area (Å²) >= 11 is 3.40. The molecule has 24 heavy (non-hydrogen) atoms. The van der Waals surface area contributed by atoms with E-state index < -0.39 is 0 Å². The van der Waals surface area contributed by atoms with E-state index in [2.05, 4.69) is 20.5 Å². The third kappa shape index (κ3) is 3.96. The maximum absolute atomic E-state index is 5.98. The Labute approximate surface area is 149 Å². The third-order valence-electron chi connectivity index (χ3n) is 3.40. The van der Waals surface area contributed by atoms with Crippen molar-refractivity contribution in [3.05, 3.63) is 40.2 Å². The Morgan fingerprint density at radius 2 is 1.88 bits per heavy atom. The highest BCUT2D eigenvalue weighted by atomic mass is 32.2. The molecular formula is C17H19N3O2S2. The first-order valence-corrected chi connectivity index (χ1v) is 9.49. The predicted octanol–water partition coefficient (Wildman–Crippen LogP) is 4.60. The first kappa shape index (κ1) is 17.0. The van der Waals surface area contributed by atoms with Gasteiger partial charge in [-0.15, -0.1) is 11.3 Å². The number of aromatic nitrogens is 3. The van der Waals surface area contributed by atoms with E-state index in [4.69, 9.17) is 9.26 Å². The van der Waals surface area contributed by atoms with Crippen molar-refractivity contribution in [2.45, 2.75) is 32.0 Å². The van der Waals surface area contributed by atoms with Gasteiger partial charge in [0.15, 0.2) is 0 Å². The highest BCUT2D eigenvalue weighted by Crippen LogP contribution is 2.29. The first-order valence-electron chi connectivity index (χ1n) is 7.62. The van der Waals surface area contributed by atoms with Crippen molar-refractivity contribution < 1.29 is 9.26 Å². The maximum Gasteiger partial charge on any atom is 0.223 e. The van der Waals surface area contributed by atoms with E-state index in [0.717, 1.165) is 38.2 Å². The maximum atomic E-state index is 5.98. The first-order chi connectivity index (χ1) is 11.5. The van der Waals surface area contributed by atoms with Crippen LogP contribution in [0.15, 0.2) is 26.4 Å². The summed E-state index contributed by atoms with van der Waals surface area (Å²) in [4.78, 5) is 8.72. The molecule has 1 aromatic carbocycles. The molecule has 2 heterocycles. The van der Waals surface area contributed by atoms with E-state index in [0.29, 0.717) is 18.3 Å². The number of hydrogen-bond acceptors (Lipinski definition) is 7. The smallest absolute Gasteiger partial charge is 0.223 e. The SMILES string of the molecule is Cc1csc(SCCOc2c(C)cc(-c3noc(C)n3)cc2C)n1. The highest BCUT2D eigenvalue weighted by molar-refractivity contribution is 8.01. The van der Waals surface area contributed by atoms with Crippen LogP contribution in [-0.2, 0) is 0 Å². The molecule has 2 aromatic heterocycles. The minimum absolute atomic E-state index is 0.565. The van der Waals surface area contributed by atoms with Gasteiger partial charge in [0.05, 0.1) is 6.61 Å². The van der Waals surface area contributed by atoms with Crippen molar-refractivity contribution >= 4 is 23.1 Å². The summed E-state index contributed by atoms with van der Waals surface area (Å²) in [5, 5.41) is 6.04. The monoisotopic (exact) mass is 361 g/mol. The minimum atomic E-state index is 0.565. The fourth-order valence-electron chi connectivity index (χ4n) is 2.39. The minimum Gasteiger partial charge on any atom is -0.492 e. The zero-order valence-corrected chi connectivity index (χ0v) is 15.8. The molecule has 0 fully saturated rings. The van der Waals surface area contributed by atoms with Crippen molar-refractivity contribution in [3.8, 4) is 17.1 Å². The predicted molar refractivity (Wildman–Crippen MR) is 97.0 cm³/mol. The van der Waals surface area contributed by atoms with E-state index in [-0.39, 0.29) is 0 Å². The molecule has 0 saturated carbocycles. The number of benzene rings is 1. The summed E-state index contributed by atoms with van der Waals surface area (Å²) in [6.07, 6.45) is 0. The molecule has 0 saturated heterocycles. The van der Waals surface area contributed by atoms with E-state index in [9.17, 15) is 0 Å². The normalized spacial score (nSPS) is 11.0. The van der Waals surface area contributed by atoms with Gasteiger partial charge in [0, 0.05) is 29.3 Å². The van der Waals surface area contributed by atoms with Crippen molar-refractivity contribution in [3.63, 3.8) is 0 Å². The molecule has 0 atom stereocenters. The van der Waals surface area contributed by atoms with Crippen molar-refractivity contribution in [1.29, 1.82) is 0 Å². The van der Waals surface area contributed by atoms with Gasteiger partial charge in [-0.3, -0.25) is 0 Å².